The van der Waals surface area contributed by atoms with Crippen molar-refractivity contribution < 1.29 is 8.80 Å². The summed E-state index contributed by atoms with van der Waals surface area (Å²) in [7, 11) is 0. The lowest BCUT2D eigenvalue weighted by atomic mass is 10.2. The summed E-state index contributed by atoms with van der Waals surface area (Å²) in [5.41, 5.74) is 0. The van der Waals surface area contributed by atoms with Gasteiger partial charge in [0.25, 0.3) is 0 Å². The molecule has 0 aliphatic heterocycles. The number of hydrogen-bond donors (Lipinski definition) is 0. The quantitative estimate of drug-likeness (QED) is 0.330. The maximum absolute atomic E-state index is 10.9. The van der Waals surface area contributed by atoms with Crippen LogP contribution < -0.4 is 0 Å². The van der Waals surface area contributed by atoms with Gasteiger partial charge in [-0.3, -0.25) is 0 Å². The van der Waals surface area contributed by atoms with Crippen LogP contribution in [0.15, 0.2) is 0 Å². The summed E-state index contributed by atoms with van der Waals surface area (Å²) >= 11 is 6.16. The van der Waals surface area contributed by atoms with Crippen LogP contribution in [0.2, 0.25) is 0 Å². The monoisotopic (exact) mass is 220 g/mol. The Kier molecular flexibility index (Phi) is 8.20. The van der Waals surface area contributed by atoms with Crippen LogP contribution in [0.25, 0.3) is 0 Å². The van der Waals surface area contributed by atoms with Gasteiger partial charge in [0.1, 0.15) is 13.1 Å². The van der Waals surface area contributed by atoms with Crippen molar-refractivity contribution in [1.82, 2.24) is 0 Å². The van der Waals surface area contributed by atoms with Gasteiger partial charge in [0.15, 0.2) is 11.8 Å². The molecule has 0 atom stereocenters. The van der Waals surface area contributed by atoms with Crippen molar-refractivity contribution in [3.63, 3.8) is 0 Å². The zero-order valence-corrected chi connectivity index (χ0v) is 10.2. The van der Waals surface area contributed by atoms with Crippen LogP contribution in [0.4, 0.5) is 0 Å². The molecule has 0 spiro atoms. The third-order valence-electron chi connectivity index (χ3n) is 2.46. The van der Waals surface area contributed by atoms with Gasteiger partial charge in [-0.25, -0.2) is 4.79 Å². The first-order chi connectivity index (χ1) is 6.68. The molecule has 0 N–H and O–H groups in total. The highest BCUT2D eigenvalue weighted by Gasteiger charge is 2.23. The lowest BCUT2D eigenvalue weighted by Crippen LogP contribution is -2.38. The zero-order chi connectivity index (χ0) is 10.9. The molecule has 84 valence electrons. The number of nitrogens with zero attached hydrogens (tertiary/aromatic N) is 1. The highest BCUT2D eigenvalue weighted by molar-refractivity contribution is 6.09. The molecule has 3 heteroatoms. The average Bonchev–Trinajstić information content (AvgIpc) is 2.19. The van der Waals surface area contributed by atoms with E-state index in [1.54, 1.807) is 0 Å². The molecule has 0 unspecified atom stereocenters. The van der Waals surface area contributed by atoms with Crippen molar-refractivity contribution in [2.75, 3.05) is 13.1 Å². The van der Waals surface area contributed by atoms with Crippen LogP contribution in [0.1, 0.15) is 52.4 Å². The van der Waals surface area contributed by atoms with Crippen molar-refractivity contribution in [2.45, 2.75) is 52.4 Å². The molecule has 1 amide bonds. The minimum atomic E-state index is 0.0833. The maximum Gasteiger partial charge on any atom is 0.319 e. The van der Waals surface area contributed by atoms with Crippen LogP contribution in [-0.4, -0.2) is 23.5 Å². The highest BCUT2D eigenvalue weighted by Crippen LogP contribution is 2.14. The lowest BCUT2D eigenvalue weighted by molar-refractivity contribution is -0.727. The van der Waals surface area contributed by atoms with E-state index in [2.05, 4.69) is 13.8 Å². The second-order valence-corrected chi connectivity index (χ2v) is 4.57. The summed E-state index contributed by atoms with van der Waals surface area (Å²) in [5, 5.41) is 0. The van der Waals surface area contributed by atoms with Gasteiger partial charge in [0.2, 0.25) is 0 Å². The van der Waals surface area contributed by atoms with E-state index in [-0.39, 0.29) is 4.00 Å². The van der Waals surface area contributed by atoms with Gasteiger partial charge < -0.3 is 0 Å². The predicted molar refractivity (Wildman–Crippen MR) is 61.0 cm³/mol. The summed E-state index contributed by atoms with van der Waals surface area (Å²) < 4.78 is 0.0833. The highest BCUT2D eigenvalue weighted by atomic mass is 35.5. The average molecular weight is 221 g/mol. The Bertz CT molecular complexity index is 140. The number of hydrogen-bond acceptors (Lipinski definition) is 1. The topological polar surface area (TPSA) is 17.1 Å². The first-order valence-corrected chi connectivity index (χ1v) is 6.05. The van der Waals surface area contributed by atoms with E-state index in [1.807, 2.05) is 0 Å². The molecule has 0 aromatic rings. The molecule has 0 fully saturated rings. The molecule has 14 heavy (non-hydrogen) atoms. The van der Waals surface area contributed by atoms with E-state index in [9.17, 15) is 4.79 Å². The van der Waals surface area contributed by atoms with Crippen LogP contribution >= 0.6 is 11.8 Å². The van der Waals surface area contributed by atoms with Crippen molar-refractivity contribution in [3.8, 4) is 0 Å². The number of halogens is 1. The minimum Gasteiger partial charge on any atom is -0.232 e. The third kappa shape index (κ3) is 6.39. The summed E-state index contributed by atoms with van der Waals surface area (Å²) in [4.78, 5) is 10.9. The lowest BCUT2D eigenvalue weighted by Gasteiger charge is -2.21. The SMILES string of the molecule is CCCCC[N+](Cl)(C=O)CCCCC. The van der Waals surface area contributed by atoms with Gasteiger partial charge in [0, 0.05) is 0 Å². The molecule has 0 aromatic heterocycles. The summed E-state index contributed by atoms with van der Waals surface area (Å²) in [6, 6.07) is 0. The van der Waals surface area contributed by atoms with E-state index in [0.29, 0.717) is 0 Å². The van der Waals surface area contributed by atoms with Crippen molar-refractivity contribution in [1.29, 1.82) is 0 Å². The van der Waals surface area contributed by atoms with Gasteiger partial charge in [-0.05, 0) is 25.7 Å². The zero-order valence-electron chi connectivity index (χ0n) is 9.47. The summed E-state index contributed by atoms with van der Waals surface area (Å²) in [5.74, 6) is 0. The van der Waals surface area contributed by atoms with Gasteiger partial charge in [-0.15, -0.1) is 0 Å². The Morgan fingerprint density at radius 2 is 1.43 bits per heavy atom. The molecule has 0 radical (unpaired) electrons. The van der Waals surface area contributed by atoms with E-state index in [4.69, 9.17) is 11.8 Å². The molecule has 0 rings (SSSR count). The van der Waals surface area contributed by atoms with Gasteiger partial charge in [-0.2, -0.15) is 4.00 Å². The first-order valence-electron chi connectivity index (χ1n) is 5.71. The Morgan fingerprint density at radius 3 is 1.71 bits per heavy atom. The Labute approximate surface area is 92.9 Å². The summed E-state index contributed by atoms with van der Waals surface area (Å²) in [6.45, 7) is 5.87. The second-order valence-electron chi connectivity index (χ2n) is 3.89. The number of carbonyl (C=O) groups is 1. The van der Waals surface area contributed by atoms with Gasteiger partial charge in [-0.1, -0.05) is 26.7 Å². The third-order valence-corrected chi connectivity index (χ3v) is 2.87. The van der Waals surface area contributed by atoms with Crippen molar-refractivity contribution in [3.05, 3.63) is 0 Å². The molecule has 0 aliphatic carbocycles. The van der Waals surface area contributed by atoms with Gasteiger partial charge in [0.05, 0.1) is 0 Å². The fourth-order valence-corrected chi connectivity index (χ4v) is 1.71. The van der Waals surface area contributed by atoms with Crippen LogP contribution in [0.5, 0.6) is 0 Å². The number of unbranched alkanes of at least 4 members (excludes halogenated alkanes) is 4. The fourth-order valence-electron chi connectivity index (χ4n) is 1.47. The summed E-state index contributed by atoms with van der Waals surface area (Å²) in [6.07, 6.45) is 7.64. The number of quaternary nitrogens is 1. The van der Waals surface area contributed by atoms with E-state index in [1.165, 1.54) is 12.8 Å². The molecule has 0 heterocycles. The Morgan fingerprint density at radius 1 is 1.00 bits per heavy atom. The molecule has 0 aliphatic rings. The molecule has 0 saturated heterocycles. The first kappa shape index (κ1) is 13.9. The molecule has 0 saturated carbocycles. The second kappa shape index (κ2) is 8.25. The normalized spacial score (nSPS) is 11.6. The van der Waals surface area contributed by atoms with Crippen molar-refractivity contribution in [2.24, 2.45) is 0 Å². The minimum absolute atomic E-state index is 0.0833. The Balaban J connectivity index is 3.73. The molecular formula is C11H23ClNO+. The van der Waals surface area contributed by atoms with Crippen LogP contribution in [0.3, 0.4) is 0 Å². The van der Waals surface area contributed by atoms with Gasteiger partial charge >= 0.3 is 6.41 Å². The molecular weight excluding hydrogens is 198 g/mol. The fraction of sp³-hybridized carbons (Fsp3) is 0.909. The molecule has 0 aromatic carbocycles. The number of amides is 1. The predicted octanol–water partition coefficient (Wildman–Crippen LogP) is 3.49. The molecule has 2 nitrogen and oxygen atoms in total. The van der Waals surface area contributed by atoms with Crippen LogP contribution in [0, 0.1) is 0 Å². The number of rotatable bonds is 9. The largest absolute Gasteiger partial charge is 0.319 e. The van der Waals surface area contributed by atoms with E-state index >= 15 is 0 Å². The smallest absolute Gasteiger partial charge is 0.232 e. The van der Waals surface area contributed by atoms with E-state index < -0.39 is 0 Å². The van der Waals surface area contributed by atoms with Crippen molar-refractivity contribution >= 4 is 18.2 Å². The number of carbonyl (C=O) groups excluding carboxylic acids is 1. The Hall–Kier alpha value is -0.0800. The standard InChI is InChI=1S/C11H23ClNO/c1-3-5-7-9-13(12,11-14)10-8-6-4-2/h11H,3-10H2,1-2H3/q+1. The van der Waals surface area contributed by atoms with E-state index in [0.717, 1.165) is 45.2 Å². The van der Waals surface area contributed by atoms with Crippen LogP contribution in [-0.2, 0) is 4.79 Å². The maximum atomic E-state index is 10.9. The molecule has 0 bridgehead atoms.